The molecule has 20 heavy (non-hydrogen) atoms. The SMILES string of the molecule is Fc1cc(CCNC2=NCCCN2)c2c(c1)COCO2. The molecule has 0 radical (unpaired) electrons. The number of fused-ring (bicyclic) bond motifs is 1. The van der Waals surface area contributed by atoms with Gasteiger partial charge in [-0.05, 0) is 30.5 Å². The third kappa shape index (κ3) is 3.01. The van der Waals surface area contributed by atoms with Gasteiger partial charge in [0, 0.05) is 25.2 Å². The number of hydrogen-bond acceptors (Lipinski definition) is 5. The molecule has 0 bridgehead atoms. The average molecular weight is 279 g/mol. The standard InChI is InChI=1S/C14H18FN3O2/c15-12-6-10(13-11(7-12)8-19-9-20-13)2-5-18-14-16-3-1-4-17-14/h6-7H,1-5,8-9H2,(H2,16,17,18). The maximum Gasteiger partial charge on any atom is 0.191 e. The van der Waals surface area contributed by atoms with Crippen LogP contribution in [0.3, 0.4) is 0 Å². The third-order valence-corrected chi connectivity index (χ3v) is 3.34. The van der Waals surface area contributed by atoms with E-state index < -0.39 is 0 Å². The quantitative estimate of drug-likeness (QED) is 0.872. The molecular formula is C14H18FN3O2. The van der Waals surface area contributed by atoms with E-state index in [0.29, 0.717) is 19.6 Å². The van der Waals surface area contributed by atoms with Crippen molar-refractivity contribution in [3.05, 3.63) is 29.1 Å². The minimum Gasteiger partial charge on any atom is -0.467 e. The van der Waals surface area contributed by atoms with Gasteiger partial charge in [0.25, 0.3) is 0 Å². The molecule has 0 amide bonds. The van der Waals surface area contributed by atoms with E-state index in [2.05, 4.69) is 15.6 Å². The van der Waals surface area contributed by atoms with Crippen LogP contribution in [0.5, 0.6) is 5.75 Å². The van der Waals surface area contributed by atoms with Gasteiger partial charge in [-0.2, -0.15) is 0 Å². The smallest absolute Gasteiger partial charge is 0.191 e. The molecule has 0 saturated carbocycles. The first-order valence-electron chi connectivity index (χ1n) is 6.87. The van der Waals surface area contributed by atoms with Crippen LogP contribution in [0.2, 0.25) is 0 Å². The Hall–Kier alpha value is -1.82. The van der Waals surface area contributed by atoms with Crippen molar-refractivity contribution < 1.29 is 13.9 Å². The zero-order chi connectivity index (χ0) is 13.8. The summed E-state index contributed by atoms with van der Waals surface area (Å²) in [5.74, 6) is 1.34. The molecule has 0 spiro atoms. The van der Waals surface area contributed by atoms with Gasteiger partial charge < -0.3 is 20.1 Å². The van der Waals surface area contributed by atoms with Crippen molar-refractivity contribution in [2.45, 2.75) is 19.4 Å². The summed E-state index contributed by atoms with van der Waals surface area (Å²) >= 11 is 0. The molecule has 1 aromatic rings. The number of guanidine groups is 1. The summed E-state index contributed by atoms with van der Waals surface area (Å²) in [7, 11) is 0. The summed E-state index contributed by atoms with van der Waals surface area (Å²) < 4.78 is 24.2. The minimum atomic E-state index is -0.249. The molecule has 0 aliphatic carbocycles. The van der Waals surface area contributed by atoms with Crippen molar-refractivity contribution >= 4 is 5.96 Å². The molecule has 0 saturated heterocycles. The van der Waals surface area contributed by atoms with Crippen LogP contribution in [0.15, 0.2) is 17.1 Å². The number of nitrogens with one attached hydrogen (secondary N) is 2. The molecular weight excluding hydrogens is 261 g/mol. The van der Waals surface area contributed by atoms with E-state index in [1.54, 1.807) is 0 Å². The van der Waals surface area contributed by atoms with Crippen LogP contribution >= 0.6 is 0 Å². The maximum absolute atomic E-state index is 13.6. The fourth-order valence-corrected chi connectivity index (χ4v) is 2.41. The highest BCUT2D eigenvalue weighted by Crippen LogP contribution is 2.29. The minimum absolute atomic E-state index is 0.229. The maximum atomic E-state index is 13.6. The first-order valence-corrected chi connectivity index (χ1v) is 6.87. The normalized spacial score (nSPS) is 17.6. The molecule has 0 fully saturated rings. The molecule has 108 valence electrons. The van der Waals surface area contributed by atoms with Gasteiger partial charge in [0.2, 0.25) is 0 Å². The van der Waals surface area contributed by atoms with Gasteiger partial charge in [0.1, 0.15) is 11.6 Å². The molecule has 0 unspecified atom stereocenters. The highest BCUT2D eigenvalue weighted by molar-refractivity contribution is 5.80. The molecule has 2 aliphatic rings. The summed E-state index contributed by atoms with van der Waals surface area (Å²) in [5, 5.41) is 6.42. The zero-order valence-electron chi connectivity index (χ0n) is 11.2. The van der Waals surface area contributed by atoms with Gasteiger partial charge in [-0.15, -0.1) is 0 Å². The van der Waals surface area contributed by atoms with Gasteiger partial charge in [-0.25, -0.2) is 4.39 Å². The van der Waals surface area contributed by atoms with E-state index in [1.165, 1.54) is 12.1 Å². The van der Waals surface area contributed by atoms with Crippen molar-refractivity contribution in [1.82, 2.24) is 10.6 Å². The highest BCUT2D eigenvalue weighted by atomic mass is 19.1. The molecule has 0 aromatic heterocycles. The number of aliphatic imine (C=N–C) groups is 1. The van der Waals surface area contributed by atoms with Crippen molar-refractivity contribution in [3.63, 3.8) is 0 Å². The monoisotopic (exact) mass is 279 g/mol. The Balaban J connectivity index is 1.64. The predicted octanol–water partition coefficient (Wildman–Crippen LogP) is 1.17. The second-order valence-electron chi connectivity index (χ2n) is 4.85. The molecule has 0 atom stereocenters. The number of ether oxygens (including phenoxy) is 2. The van der Waals surface area contributed by atoms with Crippen LogP contribution in [0, 0.1) is 5.82 Å². The lowest BCUT2D eigenvalue weighted by atomic mass is 10.1. The summed E-state index contributed by atoms with van der Waals surface area (Å²) in [4.78, 5) is 4.33. The molecule has 5 nitrogen and oxygen atoms in total. The Morgan fingerprint density at radius 3 is 3.20 bits per heavy atom. The van der Waals surface area contributed by atoms with Crippen LogP contribution in [-0.2, 0) is 17.8 Å². The number of rotatable bonds is 3. The first-order chi connectivity index (χ1) is 9.83. The fourth-order valence-electron chi connectivity index (χ4n) is 2.41. The van der Waals surface area contributed by atoms with E-state index in [4.69, 9.17) is 9.47 Å². The molecule has 6 heteroatoms. The molecule has 2 N–H and O–H groups in total. The van der Waals surface area contributed by atoms with Crippen LogP contribution in [0.4, 0.5) is 4.39 Å². The van der Waals surface area contributed by atoms with Crippen molar-refractivity contribution in [3.8, 4) is 5.75 Å². The molecule has 1 aromatic carbocycles. The molecule has 2 aliphatic heterocycles. The van der Waals surface area contributed by atoms with E-state index in [9.17, 15) is 4.39 Å². The van der Waals surface area contributed by atoms with Gasteiger partial charge in [-0.1, -0.05) is 0 Å². The van der Waals surface area contributed by atoms with Gasteiger partial charge in [0.05, 0.1) is 6.61 Å². The fraction of sp³-hybridized carbons (Fsp3) is 0.500. The Labute approximate surface area is 117 Å². The third-order valence-electron chi connectivity index (χ3n) is 3.34. The second-order valence-corrected chi connectivity index (χ2v) is 4.85. The van der Waals surface area contributed by atoms with E-state index in [0.717, 1.165) is 42.3 Å². The van der Waals surface area contributed by atoms with Crippen molar-refractivity contribution in [2.75, 3.05) is 26.4 Å². The predicted molar refractivity (Wildman–Crippen MR) is 73.3 cm³/mol. The lowest BCUT2D eigenvalue weighted by molar-refractivity contribution is -0.0172. The van der Waals surface area contributed by atoms with Gasteiger partial charge in [-0.3, -0.25) is 4.99 Å². The van der Waals surface area contributed by atoms with Crippen LogP contribution < -0.4 is 15.4 Å². The van der Waals surface area contributed by atoms with Gasteiger partial charge in [0.15, 0.2) is 12.8 Å². The largest absolute Gasteiger partial charge is 0.467 e. The topological polar surface area (TPSA) is 54.9 Å². The summed E-state index contributed by atoms with van der Waals surface area (Å²) in [5.41, 5.74) is 1.64. The average Bonchev–Trinajstić information content (AvgIpc) is 2.48. The summed E-state index contributed by atoms with van der Waals surface area (Å²) in [6.07, 6.45) is 1.75. The van der Waals surface area contributed by atoms with Crippen molar-refractivity contribution in [2.24, 2.45) is 4.99 Å². The van der Waals surface area contributed by atoms with Crippen LogP contribution in [0.1, 0.15) is 17.5 Å². The zero-order valence-corrected chi connectivity index (χ0v) is 11.2. The van der Waals surface area contributed by atoms with Crippen molar-refractivity contribution in [1.29, 1.82) is 0 Å². The number of halogens is 1. The number of benzene rings is 1. The molecule has 2 heterocycles. The second kappa shape index (κ2) is 6.09. The van der Waals surface area contributed by atoms with Crippen LogP contribution in [0.25, 0.3) is 0 Å². The summed E-state index contributed by atoms with van der Waals surface area (Å²) in [6, 6.07) is 3.00. The van der Waals surface area contributed by atoms with E-state index in [1.807, 2.05) is 0 Å². The highest BCUT2D eigenvalue weighted by Gasteiger charge is 2.16. The lowest BCUT2D eigenvalue weighted by Gasteiger charge is -2.21. The number of hydrogen-bond donors (Lipinski definition) is 2. The van der Waals surface area contributed by atoms with E-state index >= 15 is 0 Å². The lowest BCUT2D eigenvalue weighted by Crippen LogP contribution is -2.41. The Morgan fingerprint density at radius 2 is 2.35 bits per heavy atom. The Kier molecular flexibility index (Phi) is 4.01. The molecule has 3 rings (SSSR count). The first kappa shape index (κ1) is 13.2. The Morgan fingerprint density at radius 1 is 1.40 bits per heavy atom. The van der Waals surface area contributed by atoms with Gasteiger partial charge >= 0.3 is 0 Å². The van der Waals surface area contributed by atoms with Crippen LogP contribution in [-0.4, -0.2) is 32.4 Å². The van der Waals surface area contributed by atoms with E-state index in [-0.39, 0.29) is 12.6 Å². The number of nitrogens with zero attached hydrogens (tertiary/aromatic N) is 1. The Bertz CT molecular complexity index is 519. The summed E-state index contributed by atoms with van der Waals surface area (Å²) in [6.45, 7) is 3.12.